The fourth-order valence-corrected chi connectivity index (χ4v) is 3.67. The molecule has 0 amide bonds. The van der Waals surface area contributed by atoms with Crippen LogP contribution in [0.1, 0.15) is 39.0 Å². The molecule has 3 saturated heterocycles. The summed E-state index contributed by atoms with van der Waals surface area (Å²) in [7, 11) is 0. The molecule has 2 bridgehead atoms. The number of likely N-dealkylation sites (tertiary alicyclic amines) is 1. The van der Waals surface area contributed by atoms with Gasteiger partial charge in [0.2, 0.25) is 0 Å². The highest BCUT2D eigenvalue weighted by Crippen LogP contribution is 2.30. The first-order valence-electron chi connectivity index (χ1n) is 6.92. The van der Waals surface area contributed by atoms with Crippen LogP contribution in [0, 0.1) is 0 Å². The van der Waals surface area contributed by atoms with Crippen molar-refractivity contribution in [2.45, 2.75) is 56.8 Å². The molecule has 1 N–H and O–H groups in total. The van der Waals surface area contributed by atoms with Crippen molar-refractivity contribution in [1.82, 2.24) is 10.2 Å². The van der Waals surface area contributed by atoms with E-state index in [9.17, 15) is 0 Å². The van der Waals surface area contributed by atoms with E-state index < -0.39 is 0 Å². The molecule has 0 aromatic carbocycles. The maximum Gasteiger partial charge on any atom is 0.0707 e. The van der Waals surface area contributed by atoms with Crippen LogP contribution >= 0.6 is 0 Å². The summed E-state index contributed by atoms with van der Waals surface area (Å²) in [6.45, 7) is 7.11. The SMILES string of the molecule is CCC1(CN2CC3CCC(C2)O3)CCCN1. The Hall–Kier alpha value is -0.120. The molecule has 3 atom stereocenters. The quantitative estimate of drug-likeness (QED) is 0.784. The van der Waals surface area contributed by atoms with E-state index in [0.717, 1.165) is 0 Å². The zero-order valence-corrected chi connectivity index (χ0v) is 10.4. The Balaban J connectivity index is 1.61. The van der Waals surface area contributed by atoms with Crippen LogP contribution in [0.5, 0.6) is 0 Å². The fraction of sp³-hybridized carbons (Fsp3) is 1.00. The maximum absolute atomic E-state index is 5.90. The van der Waals surface area contributed by atoms with Gasteiger partial charge in [0.1, 0.15) is 0 Å². The number of nitrogens with zero attached hydrogens (tertiary/aromatic N) is 1. The van der Waals surface area contributed by atoms with Crippen molar-refractivity contribution in [3.8, 4) is 0 Å². The molecule has 3 fully saturated rings. The van der Waals surface area contributed by atoms with Gasteiger partial charge in [-0.15, -0.1) is 0 Å². The van der Waals surface area contributed by atoms with Crippen LogP contribution in [0.15, 0.2) is 0 Å². The molecule has 92 valence electrons. The number of hydrogen-bond acceptors (Lipinski definition) is 3. The highest BCUT2D eigenvalue weighted by atomic mass is 16.5. The molecule has 0 aliphatic carbocycles. The molecule has 3 nitrogen and oxygen atoms in total. The third kappa shape index (κ3) is 2.01. The first-order chi connectivity index (χ1) is 7.80. The number of fused-ring (bicyclic) bond motifs is 2. The molecule has 3 aliphatic rings. The molecule has 3 heteroatoms. The zero-order chi connectivity index (χ0) is 11.0. The van der Waals surface area contributed by atoms with E-state index in [2.05, 4.69) is 17.1 Å². The van der Waals surface area contributed by atoms with Crippen molar-refractivity contribution in [2.24, 2.45) is 0 Å². The molecular weight excluding hydrogens is 200 g/mol. The number of rotatable bonds is 3. The Morgan fingerprint density at radius 1 is 1.31 bits per heavy atom. The van der Waals surface area contributed by atoms with E-state index in [4.69, 9.17) is 4.74 Å². The van der Waals surface area contributed by atoms with Crippen LogP contribution in [0.2, 0.25) is 0 Å². The van der Waals surface area contributed by atoms with Crippen molar-refractivity contribution in [2.75, 3.05) is 26.2 Å². The molecule has 0 spiro atoms. The molecule has 16 heavy (non-hydrogen) atoms. The Bertz CT molecular complexity index is 238. The smallest absolute Gasteiger partial charge is 0.0707 e. The van der Waals surface area contributed by atoms with Crippen LogP contribution in [-0.4, -0.2) is 48.8 Å². The molecule has 3 rings (SSSR count). The summed E-state index contributed by atoms with van der Waals surface area (Å²) < 4.78 is 5.90. The lowest BCUT2D eigenvalue weighted by Gasteiger charge is -2.39. The molecule has 0 aromatic heterocycles. The summed E-state index contributed by atoms with van der Waals surface area (Å²) in [5.74, 6) is 0. The normalized spacial score (nSPS) is 44.1. The lowest BCUT2D eigenvalue weighted by molar-refractivity contribution is -0.0454. The largest absolute Gasteiger partial charge is 0.372 e. The van der Waals surface area contributed by atoms with Gasteiger partial charge in [-0.3, -0.25) is 4.90 Å². The van der Waals surface area contributed by atoms with Gasteiger partial charge < -0.3 is 10.1 Å². The molecule has 3 unspecified atom stereocenters. The van der Waals surface area contributed by atoms with Gasteiger partial charge in [-0.05, 0) is 38.6 Å². The first kappa shape index (κ1) is 11.0. The van der Waals surface area contributed by atoms with Gasteiger partial charge in [-0.2, -0.15) is 0 Å². The second kappa shape index (κ2) is 4.28. The minimum absolute atomic E-state index is 0.413. The van der Waals surface area contributed by atoms with E-state index >= 15 is 0 Å². The van der Waals surface area contributed by atoms with Gasteiger partial charge in [0.05, 0.1) is 12.2 Å². The summed E-state index contributed by atoms with van der Waals surface area (Å²) in [6.07, 6.45) is 7.62. The Kier molecular flexibility index (Phi) is 2.94. The molecule has 3 aliphatic heterocycles. The van der Waals surface area contributed by atoms with E-state index in [1.165, 1.54) is 58.3 Å². The van der Waals surface area contributed by atoms with Gasteiger partial charge in [0.15, 0.2) is 0 Å². The predicted octanol–water partition coefficient (Wildman–Crippen LogP) is 1.38. The zero-order valence-electron chi connectivity index (χ0n) is 10.4. The Labute approximate surface area is 98.5 Å². The van der Waals surface area contributed by atoms with Crippen LogP contribution in [0.4, 0.5) is 0 Å². The van der Waals surface area contributed by atoms with Crippen molar-refractivity contribution < 1.29 is 4.74 Å². The van der Waals surface area contributed by atoms with Crippen molar-refractivity contribution in [3.05, 3.63) is 0 Å². The second-order valence-corrected chi connectivity index (χ2v) is 5.82. The number of morpholine rings is 1. The van der Waals surface area contributed by atoms with Crippen LogP contribution in [0.25, 0.3) is 0 Å². The van der Waals surface area contributed by atoms with E-state index in [-0.39, 0.29) is 0 Å². The number of nitrogens with one attached hydrogen (secondary N) is 1. The minimum Gasteiger partial charge on any atom is -0.372 e. The number of hydrogen-bond donors (Lipinski definition) is 1. The summed E-state index contributed by atoms with van der Waals surface area (Å²) in [5, 5.41) is 3.73. The maximum atomic E-state index is 5.90. The average molecular weight is 224 g/mol. The third-order valence-corrected chi connectivity index (χ3v) is 4.65. The standard InChI is InChI=1S/C13H24N2O/c1-2-13(6-3-7-14-13)10-15-8-11-4-5-12(9-15)16-11/h11-12,14H,2-10H2,1H3. The monoisotopic (exact) mass is 224 g/mol. The van der Waals surface area contributed by atoms with Crippen molar-refractivity contribution in [3.63, 3.8) is 0 Å². The highest BCUT2D eigenvalue weighted by Gasteiger charge is 2.39. The third-order valence-electron chi connectivity index (χ3n) is 4.65. The molecule has 3 heterocycles. The topological polar surface area (TPSA) is 24.5 Å². The molecular formula is C13H24N2O. The Morgan fingerprint density at radius 2 is 2.06 bits per heavy atom. The molecule has 0 aromatic rings. The summed E-state index contributed by atoms with van der Waals surface area (Å²) in [6, 6.07) is 0. The van der Waals surface area contributed by atoms with Gasteiger partial charge in [-0.25, -0.2) is 0 Å². The van der Waals surface area contributed by atoms with Crippen LogP contribution in [-0.2, 0) is 4.74 Å². The fourth-order valence-electron chi connectivity index (χ4n) is 3.67. The predicted molar refractivity (Wildman–Crippen MR) is 64.6 cm³/mol. The average Bonchev–Trinajstić information content (AvgIpc) is 2.87. The molecule has 0 radical (unpaired) electrons. The lowest BCUT2D eigenvalue weighted by Crippen LogP contribution is -2.54. The Morgan fingerprint density at radius 3 is 2.62 bits per heavy atom. The van der Waals surface area contributed by atoms with Gasteiger partial charge in [0, 0.05) is 25.2 Å². The van der Waals surface area contributed by atoms with Gasteiger partial charge in [0.25, 0.3) is 0 Å². The summed E-state index contributed by atoms with van der Waals surface area (Å²) >= 11 is 0. The van der Waals surface area contributed by atoms with E-state index in [0.29, 0.717) is 17.7 Å². The van der Waals surface area contributed by atoms with Gasteiger partial charge in [-0.1, -0.05) is 6.92 Å². The first-order valence-corrected chi connectivity index (χ1v) is 6.92. The number of ether oxygens (including phenoxy) is 1. The van der Waals surface area contributed by atoms with Gasteiger partial charge >= 0.3 is 0 Å². The van der Waals surface area contributed by atoms with Crippen LogP contribution < -0.4 is 5.32 Å². The van der Waals surface area contributed by atoms with E-state index in [1.54, 1.807) is 0 Å². The lowest BCUT2D eigenvalue weighted by atomic mass is 9.93. The summed E-state index contributed by atoms with van der Waals surface area (Å²) in [5.41, 5.74) is 0.413. The van der Waals surface area contributed by atoms with Crippen molar-refractivity contribution >= 4 is 0 Å². The van der Waals surface area contributed by atoms with E-state index in [1.807, 2.05) is 0 Å². The van der Waals surface area contributed by atoms with Crippen molar-refractivity contribution in [1.29, 1.82) is 0 Å². The minimum atomic E-state index is 0.413. The van der Waals surface area contributed by atoms with Crippen LogP contribution in [0.3, 0.4) is 0 Å². The second-order valence-electron chi connectivity index (χ2n) is 5.82. The molecule has 0 saturated carbocycles. The summed E-state index contributed by atoms with van der Waals surface area (Å²) in [4.78, 5) is 2.65. The highest BCUT2D eigenvalue weighted by molar-refractivity contribution is 4.97.